The Morgan fingerprint density at radius 1 is 0.944 bits per heavy atom. The molecule has 3 aromatic rings. The maximum Gasteiger partial charge on any atom is 0.409 e. The van der Waals surface area contributed by atoms with E-state index in [-0.39, 0.29) is 18.2 Å². The number of halogens is 2. The largest absolute Gasteiger partial charge is 0.448 e. The summed E-state index contributed by atoms with van der Waals surface area (Å²) in [5.41, 5.74) is 3.42. The lowest BCUT2D eigenvalue weighted by Gasteiger charge is -2.33. The third-order valence-corrected chi connectivity index (χ3v) is 7.31. The first-order valence-electron chi connectivity index (χ1n) is 12.4. The Hall–Kier alpha value is -2.73. The number of carbonyl (C=O) groups is 1. The van der Waals surface area contributed by atoms with Crippen LogP contribution >= 0.6 is 23.2 Å². The molecule has 1 saturated heterocycles. The van der Waals surface area contributed by atoms with Crippen LogP contribution in [-0.2, 0) is 17.8 Å². The number of rotatable bonds is 9. The van der Waals surface area contributed by atoms with E-state index in [9.17, 15) is 4.79 Å². The third-order valence-electron chi connectivity index (χ3n) is 6.57. The van der Waals surface area contributed by atoms with E-state index in [1.54, 1.807) is 11.0 Å². The molecule has 1 heterocycles. The van der Waals surface area contributed by atoms with Crippen molar-refractivity contribution in [3.63, 3.8) is 0 Å². The van der Waals surface area contributed by atoms with Gasteiger partial charge in [0.25, 0.3) is 0 Å². The van der Waals surface area contributed by atoms with E-state index in [1.165, 1.54) is 11.1 Å². The maximum atomic E-state index is 12.8. The topological polar surface area (TPSA) is 44.8 Å². The summed E-state index contributed by atoms with van der Waals surface area (Å²) in [6.45, 7) is 5.36. The predicted molar refractivity (Wildman–Crippen MR) is 148 cm³/mol. The zero-order valence-electron chi connectivity index (χ0n) is 20.6. The maximum absolute atomic E-state index is 12.8. The summed E-state index contributed by atoms with van der Waals surface area (Å²) in [6.07, 6.45) is 1.45. The Kier molecular flexibility index (Phi) is 9.51. The monoisotopic (exact) mass is 525 g/mol. The van der Waals surface area contributed by atoms with Crippen molar-refractivity contribution in [3.05, 3.63) is 100 Å². The van der Waals surface area contributed by atoms with Crippen LogP contribution in [0.4, 0.5) is 10.5 Å². The number of amides is 1. The number of nitrogens with zero attached hydrogens (tertiary/aromatic N) is 2. The highest BCUT2D eigenvalue weighted by molar-refractivity contribution is 6.42. The third kappa shape index (κ3) is 7.63. The zero-order chi connectivity index (χ0) is 25.3. The van der Waals surface area contributed by atoms with Gasteiger partial charge < -0.3 is 15.0 Å². The molecule has 1 fully saturated rings. The van der Waals surface area contributed by atoms with Crippen molar-refractivity contribution >= 4 is 35.0 Å². The number of hydrogen-bond donors (Lipinski definition) is 1. The van der Waals surface area contributed by atoms with Crippen LogP contribution in [0.1, 0.15) is 30.9 Å². The normalized spacial score (nSPS) is 15.1. The van der Waals surface area contributed by atoms with Gasteiger partial charge in [0.1, 0.15) is 6.61 Å². The second-order valence-electron chi connectivity index (χ2n) is 9.34. The van der Waals surface area contributed by atoms with Gasteiger partial charge in [0, 0.05) is 44.0 Å². The Bertz CT molecular complexity index is 1060. The van der Waals surface area contributed by atoms with Crippen molar-refractivity contribution in [1.29, 1.82) is 0 Å². The highest BCUT2D eigenvalue weighted by Gasteiger charge is 2.25. The second kappa shape index (κ2) is 13.0. The molecular formula is C29H33Cl2N3O2. The summed E-state index contributed by atoms with van der Waals surface area (Å²) in [6, 6.07) is 26.7. The fourth-order valence-corrected chi connectivity index (χ4v) is 4.72. The minimum Gasteiger partial charge on any atom is -0.448 e. The van der Waals surface area contributed by atoms with Crippen molar-refractivity contribution in [2.24, 2.45) is 0 Å². The Balaban J connectivity index is 1.27. The summed E-state index contributed by atoms with van der Waals surface area (Å²) in [7, 11) is 0. The number of likely N-dealkylation sites (tertiary alicyclic amines) is 1. The van der Waals surface area contributed by atoms with E-state index in [1.807, 2.05) is 24.3 Å². The molecule has 0 aliphatic carbocycles. The first kappa shape index (κ1) is 26.3. The molecule has 1 N–H and O–H groups in total. The summed E-state index contributed by atoms with van der Waals surface area (Å²) in [5, 5.41) is 4.57. The van der Waals surface area contributed by atoms with Crippen LogP contribution in [0.5, 0.6) is 0 Å². The molecular weight excluding hydrogens is 493 g/mol. The van der Waals surface area contributed by atoms with E-state index in [4.69, 9.17) is 27.9 Å². The molecule has 1 aliphatic rings. The van der Waals surface area contributed by atoms with Crippen LogP contribution < -0.4 is 5.32 Å². The standard InChI is InChI=1S/C29H33Cl2N3O2/c1-22(34(19-23-8-4-2-5-9-23)20-24-10-6-3-7-11-24)21-36-29(35)33-16-14-25(15-17-33)32-26-12-13-27(30)28(31)18-26/h2-13,18,22,25,32H,14-17,19-21H2,1H3. The fraction of sp³-hybridized carbons (Fsp3) is 0.345. The van der Waals surface area contributed by atoms with Gasteiger partial charge in [-0.05, 0) is 49.1 Å². The molecule has 0 saturated carbocycles. The summed E-state index contributed by atoms with van der Waals surface area (Å²) in [4.78, 5) is 17.0. The van der Waals surface area contributed by atoms with E-state index in [0.29, 0.717) is 29.7 Å². The SMILES string of the molecule is CC(COC(=O)N1CCC(Nc2ccc(Cl)c(Cl)c2)CC1)N(Cc1ccccc1)Cc1ccccc1. The molecule has 3 aromatic carbocycles. The summed E-state index contributed by atoms with van der Waals surface area (Å²) < 4.78 is 5.77. The first-order valence-corrected chi connectivity index (χ1v) is 13.2. The number of carbonyl (C=O) groups excluding carboxylic acids is 1. The highest BCUT2D eigenvalue weighted by Crippen LogP contribution is 2.26. The molecule has 190 valence electrons. The minimum absolute atomic E-state index is 0.0724. The second-order valence-corrected chi connectivity index (χ2v) is 10.2. The van der Waals surface area contributed by atoms with Gasteiger partial charge >= 0.3 is 6.09 Å². The van der Waals surface area contributed by atoms with E-state index >= 15 is 0 Å². The molecule has 1 atom stereocenters. The lowest BCUT2D eigenvalue weighted by atomic mass is 10.1. The van der Waals surface area contributed by atoms with Crippen LogP contribution in [0.2, 0.25) is 10.0 Å². The molecule has 0 spiro atoms. The molecule has 0 aromatic heterocycles. The Labute approximate surface area is 224 Å². The number of benzene rings is 3. The number of nitrogens with one attached hydrogen (secondary N) is 1. The van der Waals surface area contributed by atoms with Crippen LogP contribution in [-0.4, -0.2) is 47.7 Å². The van der Waals surface area contributed by atoms with Crippen LogP contribution in [0, 0.1) is 0 Å². The van der Waals surface area contributed by atoms with Crippen LogP contribution in [0.25, 0.3) is 0 Å². The average molecular weight is 527 g/mol. The van der Waals surface area contributed by atoms with Gasteiger partial charge in [-0.3, -0.25) is 4.90 Å². The van der Waals surface area contributed by atoms with Crippen LogP contribution in [0.15, 0.2) is 78.9 Å². The highest BCUT2D eigenvalue weighted by atomic mass is 35.5. The van der Waals surface area contributed by atoms with Gasteiger partial charge in [-0.2, -0.15) is 0 Å². The molecule has 7 heteroatoms. The van der Waals surface area contributed by atoms with Crippen molar-refractivity contribution < 1.29 is 9.53 Å². The smallest absolute Gasteiger partial charge is 0.409 e. The number of piperidine rings is 1. The van der Waals surface area contributed by atoms with Crippen LogP contribution in [0.3, 0.4) is 0 Å². The molecule has 36 heavy (non-hydrogen) atoms. The Morgan fingerprint density at radius 3 is 2.08 bits per heavy atom. The van der Waals surface area contributed by atoms with Crippen molar-refractivity contribution in [3.8, 4) is 0 Å². The molecule has 5 nitrogen and oxygen atoms in total. The summed E-state index contributed by atoms with van der Waals surface area (Å²) in [5.74, 6) is 0. The first-order chi connectivity index (χ1) is 17.5. The van der Waals surface area contributed by atoms with E-state index in [0.717, 1.165) is 31.6 Å². The molecule has 1 unspecified atom stereocenters. The zero-order valence-corrected chi connectivity index (χ0v) is 22.1. The molecule has 4 rings (SSSR count). The van der Waals surface area contributed by atoms with Gasteiger partial charge in [0.2, 0.25) is 0 Å². The summed E-state index contributed by atoms with van der Waals surface area (Å²) >= 11 is 12.1. The minimum atomic E-state index is -0.241. The quantitative estimate of drug-likeness (QED) is 0.323. The fourth-order valence-electron chi connectivity index (χ4n) is 4.42. The predicted octanol–water partition coefficient (Wildman–Crippen LogP) is 7.10. The van der Waals surface area contributed by atoms with Gasteiger partial charge in [-0.1, -0.05) is 83.9 Å². The van der Waals surface area contributed by atoms with E-state index in [2.05, 4.69) is 65.7 Å². The van der Waals surface area contributed by atoms with Gasteiger partial charge in [-0.15, -0.1) is 0 Å². The molecule has 1 aliphatic heterocycles. The van der Waals surface area contributed by atoms with Crippen molar-refractivity contribution in [2.45, 2.75) is 44.9 Å². The van der Waals surface area contributed by atoms with Crippen molar-refractivity contribution in [1.82, 2.24) is 9.80 Å². The number of hydrogen-bond acceptors (Lipinski definition) is 4. The van der Waals surface area contributed by atoms with Gasteiger partial charge in [0.15, 0.2) is 0 Å². The van der Waals surface area contributed by atoms with Crippen molar-refractivity contribution in [2.75, 3.05) is 25.0 Å². The van der Waals surface area contributed by atoms with E-state index < -0.39 is 0 Å². The number of anilines is 1. The lowest BCUT2D eigenvalue weighted by molar-refractivity contribution is 0.0595. The Morgan fingerprint density at radius 2 is 1.53 bits per heavy atom. The molecule has 0 bridgehead atoms. The number of ether oxygens (including phenoxy) is 1. The molecule has 1 amide bonds. The average Bonchev–Trinajstić information content (AvgIpc) is 2.90. The van der Waals surface area contributed by atoms with Gasteiger partial charge in [0.05, 0.1) is 10.0 Å². The lowest BCUT2D eigenvalue weighted by Crippen LogP contribution is -2.44. The molecule has 0 radical (unpaired) electrons. The van der Waals surface area contributed by atoms with Gasteiger partial charge in [-0.25, -0.2) is 4.79 Å².